The summed E-state index contributed by atoms with van der Waals surface area (Å²) in [6.45, 7) is 2.67. The van der Waals surface area contributed by atoms with Crippen molar-refractivity contribution in [3.05, 3.63) is 18.2 Å². The van der Waals surface area contributed by atoms with Gasteiger partial charge in [0.2, 0.25) is 10.0 Å². The smallest absolute Gasteiger partial charge is 0.321 e. The molecular weight excluding hydrogens is 374 g/mol. The summed E-state index contributed by atoms with van der Waals surface area (Å²) in [4.78, 5) is 25.2. The monoisotopic (exact) mass is 399 g/mol. The summed E-state index contributed by atoms with van der Waals surface area (Å²) in [6.07, 6.45) is 1.12. The van der Waals surface area contributed by atoms with Crippen LogP contribution in [0.15, 0.2) is 23.1 Å². The van der Waals surface area contributed by atoms with Crippen molar-refractivity contribution in [3.8, 4) is 5.75 Å². The molecule has 27 heavy (non-hydrogen) atoms. The maximum absolute atomic E-state index is 12.6. The van der Waals surface area contributed by atoms with Gasteiger partial charge in [-0.2, -0.15) is 0 Å². The lowest BCUT2D eigenvalue weighted by molar-refractivity contribution is -0.143. The molecule has 2 amide bonds. The minimum Gasteiger partial charge on any atom is -0.492 e. The summed E-state index contributed by atoms with van der Waals surface area (Å²) in [5, 5.41) is 11.8. The zero-order valence-electron chi connectivity index (χ0n) is 15.6. The zero-order chi connectivity index (χ0) is 20.2. The first kappa shape index (κ1) is 21.0. The highest BCUT2D eigenvalue weighted by Gasteiger charge is 2.29. The summed E-state index contributed by atoms with van der Waals surface area (Å²) in [7, 11) is -0.836. The average molecular weight is 399 g/mol. The molecule has 9 nitrogen and oxygen atoms in total. The summed E-state index contributed by atoms with van der Waals surface area (Å²) in [5.74, 6) is -1.19. The number of hydrogen-bond acceptors (Lipinski definition) is 5. The van der Waals surface area contributed by atoms with Gasteiger partial charge in [-0.1, -0.05) is 0 Å². The van der Waals surface area contributed by atoms with Gasteiger partial charge in [0.25, 0.3) is 0 Å². The third-order valence-electron chi connectivity index (χ3n) is 4.33. The Morgan fingerprint density at radius 1 is 1.37 bits per heavy atom. The number of urea groups is 1. The molecule has 1 atom stereocenters. The van der Waals surface area contributed by atoms with Crippen molar-refractivity contribution < 1.29 is 27.9 Å². The number of sulfonamides is 1. The fraction of sp³-hybridized carbons (Fsp3) is 0.529. The molecule has 1 aliphatic rings. The number of carboxylic acids is 1. The number of piperidine rings is 1. The minimum absolute atomic E-state index is 0.0216. The predicted octanol–water partition coefficient (Wildman–Crippen LogP) is 1.66. The van der Waals surface area contributed by atoms with Crippen LogP contribution in [0.5, 0.6) is 5.75 Å². The second-order valence-electron chi connectivity index (χ2n) is 6.43. The molecule has 0 saturated carbocycles. The number of carbonyl (C=O) groups excluding carboxylic acids is 1. The Hall–Kier alpha value is -2.33. The maximum atomic E-state index is 12.6. The minimum atomic E-state index is -3.68. The van der Waals surface area contributed by atoms with Gasteiger partial charge in [-0.3, -0.25) is 4.79 Å². The number of benzene rings is 1. The van der Waals surface area contributed by atoms with E-state index in [2.05, 4.69) is 5.32 Å². The Balaban J connectivity index is 2.27. The third kappa shape index (κ3) is 4.89. The molecule has 0 bridgehead atoms. The first-order valence-corrected chi connectivity index (χ1v) is 10.1. The van der Waals surface area contributed by atoms with E-state index in [4.69, 9.17) is 9.84 Å². The van der Waals surface area contributed by atoms with Crippen LogP contribution in [0.25, 0.3) is 0 Å². The Morgan fingerprint density at radius 2 is 2.07 bits per heavy atom. The molecule has 0 spiro atoms. The Labute approximate surface area is 159 Å². The summed E-state index contributed by atoms with van der Waals surface area (Å²) in [6, 6.07) is 3.77. The third-order valence-corrected chi connectivity index (χ3v) is 6.14. The van der Waals surface area contributed by atoms with E-state index in [1.807, 2.05) is 0 Å². The molecule has 150 valence electrons. The standard InChI is InChI=1S/C17H25N3O6S/c1-4-26-15-8-7-13(27(24,25)19(2)3)10-14(15)18-17(23)20-9-5-6-12(11-20)16(21)22/h7-8,10,12H,4-6,9,11H2,1-3H3,(H,18,23)(H,21,22). The summed E-state index contributed by atoms with van der Waals surface area (Å²) in [5.41, 5.74) is 0.224. The Kier molecular flexibility index (Phi) is 6.66. The molecule has 1 saturated heterocycles. The molecule has 1 unspecified atom stereocenters. The van der Waals surface area contributed by atoms with Crippen LogP contribution in [0.1, 0.15) is 19.8 Å². The van der Waals surface area contributed by atoms with E-state index in [1.54, 1.807) is 6.92 Å². The number of nitrogens with zero attached hydrogens (tertiary/aromatic N) is 2. The van der Waals surface area contributed by atoms with Crippen LogP contribution in [0.2, 0.25) is 0 Å². The SMILES string of the molecule is CCOc1ccc(S(=O)(=O)N(C)C)cc1NC(=O)N1CCCC(C(=O)O)C1. The molecule has 1 aromatic carbocycles. The van der Waals surface area contributed by atoms with E-state index in [-0.39, 0.29) is 17.1 Å². The van der Waals surface area contributed by atoms with E-state index in [0.29, 0.717) is 31.7 Å². The van der Waals surface area contributed by atoms with Crippen molar-refractivity contribution in [2.24, 2.45) is 5.92 Å². The normalized spacial score (nSPS) is 17.6. The van der Waals surface area contributed by atoms with Gasteiger partial charge in [-0.15, -0.1) is 0 Å². The van der Waals surface area contributed by atoms with Gasteiger partial charge in [-0.05, 0) is 38.0 Å². The lowest BCUT2D eigenvalue weighted by atomic mass is 9.99. The van der Waals surface area contributed by atoms with E-state index in [1.165, 1.54) is 37.2 Å². The molecule has 1 aliphatic heterocycles. The van der Waals surface area contributed by atoms with Crippen LogP contribution in [-0.4, -0.2) is 68.5 Å². The van der Waals surface area contributed by atoms with Gasteiger partial charge < -0.3 is 20.1 Å². The molecule has 0 radical (unpaired) electrons. The summed E-state index contributed by atoms with van der Waals surface area (Å²) >= 11 is 0. The number of amides is 2. The number of carboxylic acid groups (broad SMARTS) is 1. The van der Waals surface area contributed by atoms with E-state index in [0.717, 1.165) is 4.31 Å². The van der Waals surface area contributed by atoms with Gasteiger partial charge in [0.05, 0.1) is 23.1 Å². The van der Waals surface area contributed by atoms with Crippen molar-refractivity contribution in [1.29, 1.82) is 0 Å². The van der Waals surface area contributed by atoms with Crippen LogP contribution in [0, 0.1) is 5.92 Å². The second-order valence-corrected chi connectivity index (χ2v) is 8.58. The zero-order valence-corrected chi connectivity index (χ0v) is 16.5. The number of ether oxygens (including phenoxy) is 1. The second kappa shape index (κ2) is 8.57. The van der Waals surface area contributed by atoms with Crippen LogP contribution >= 0.6 is 0 Å². The van der Waals surface area contributed by atoms with Crippen molar-refractivity contribution in [3.63, 3.8) is 0 Å². The van der Waals surface area contributed by atoms with Crippen molar-refractivity contribution >= 4 is 27.7 Å². The van der Waals surface area contributed by atoms with Crippen molar-refractivity contribution in [2.75, 3.05) is 39.1 Å². The molecule has 10 heteroatoms. The van der Waals surface area contributed by atoms with E-state index < -0.39 is 27.9 Å². The summed E-state index contributed by atoms with van der Waals surface area (Å²) < 4.78 is 31.3. The number of rotatable bonds is 6. The van der Waals surface area contributed by atoms with Gasteiger partial charge in [0, 0.05) is 27.2 Å². The van der Waals surface area contributed by atoms with Crippen molar-refractivity contribution in [2.45, 2.75) is 24.7 Å². The van der Waals surface area contributed by atoms with E-state index in [9.17, 15) is 18.0 Å². The van der Waals surface area contributed by atoms with Crippen LogP contribution in [0.4, 0.5) is 10.5 Å². The van der Waals surface area contributed by atoms with Gasteiger partial charge in [-0.25, -0.2) is 17.5 Å². The number of aliphatic carboxylic acids is 1. The molecule has 1 aromatic rings. The van der Waals surface area contributed by atoms with Crippen LogP contribution in [-0.2, 0) is 14.8 Å². The highest BCUT2D eigenvalue weighted by atomic mass is 32.2. The number of carbonyl (C=O) groups is 2. The maximum Gasteiger partial charge on any atom is 0.321 e. The van der Waals surface area contributed by atoms with Crippen molar-refractivity contribution in [1.82, 2.24) is 9.21 Å². The Bertz CT molecular complexity index is 809. The fourth-order valence-electron chi connectivity index (χ4n) is 2.82. The van der Waals surface area contributed by atoms with Gasteiger partial charge in [0.1, 0.15) is 5.75 Å². The molecule has 0 aliphatic carbocycles. The molecule has 1 heterocycles. The van der Waals surface area contributed by atoms with E-state index >= 15 is 0 Å². The number of nitrogens with one attached hydrogen (secondary N) is 1. The van der Waals surface area contributed by atoms with Crippen LogP contribution < -0.4 is 10.1 Å². The lowest BCUT2D eigenvalue weighted by Gasteiger charge is -2.31. The molecule has 1 fully saturated rings. The van der Waals surface area contributed by atoms with Gasteiger partial charge in [0.15, 0.2) is 0 Å². The molecule has 2 rings (SSSR count). The van der Waals surface area contributed by atoms with Crippen LogP contribution in [0.3, 0.4) is 0 Å². The average Bonchev–Trinajstić information content (AvgIpc) is 2.63. The quantitative estimate of drug-likeness (QED) is 0.752. The highest BCUT2D eigenvalue weighted by molar-refractivity contribution is 7.89. The fourth-order valence-corrected chi connectivity index (χ4v) is 3.75. The molecular formula is C17H25N3O6S. The number of likely N-dealkylation sites (tertiary alicyclic amines) is 1. The first-order valence-electron chi connectivity index (χ1n) is 8.65. The topological polar surface area (TPSA) is 116 Å². The number of anilines is 1. The largest absolute Gasteiger partial charge is 0.492 e. The number of hydrogen-bond donors (Lipinski definition) is 2. The first-order chi connectivity index (χ1) is 12.7. The lowest BCUT2D eigenvalue weighted by Crippen LogP contribution is -2.44. The molecule has 2 N–H and O–H groups in total. The highest BCUT2D eigenvalue weighted by Crippen LogP contribution is 2.29. The van der Waals surface area contributed by atoms with Gasteiger partial charge >= 0.3 is 12.0 Å². The predicted molar refractivity (Wildman–Crippen MR) is 99.4 cm³/mol. The Morgan fingerprint density at radius 3 is 2.67 bits per heavy atom. The molecule has 0 aromatic heterocycles.